The van der Waals surface area contributed by atoms with Gasteiger partial charge in [0, 0.05) is 25.8 Å². The van der Waals surface area contributed by atoms with Gasteiger partial charge in [-0.15, -0.1) is 0 Å². The van der Waals surface area contributed by atoms with Crippen molar-refractivity contribution in [2.75, 3.05) is 25.1 Å². The van der Waals surface area contributed by atoms with Crippen molar-refractivity contribution in [3.63, 3.8) is 0 Å². The summed E-state index contributed by atoms with van der Waals surface area (Å²) in [6.07, 6.45) is 1.45. The number of hydrogen-bond donors (Lipinski definition) is 1. The molecule has 1 aliphatic heterocycles. The molecule has 1 saturated heterocycles. The second-order valence-corrected chi connectivity index (χ2v) is 6.30. The Morgan fingerprint density at radius 3 is 2.50 bits per heavy atom. The van der Waals surface area contributed by atoms with Gasteiger partial charge in [-0.05, 0) is 6.42 Å². The van der Waals surface area contributed by atoms with E-state index in [2.05, 4.69) is 0 Å². The first-order chi connectivity index (χ1) is 7.29. The number of amides is 1. The lowest BCUT2D eigenvalue weighted by molar-refractivity contribution is -0.141. The molecule has 16 heavy (non-hydrogen) atoms. The molecule has 0 saturated carbocycles. The van der Waals surface area contributed by atoms with Crippen molar-refractivity contribution >= 4 is 21.7 Å². The Morgan fingerprint density at radius 2 is 2.06 bits per heavy atom. The summed E-state index contributed by atoms with van der Waals surface area (Å²) in [6, 6.07) is 0. The second-order valence-electron chi connectivity index (χ2n) is 4.04. The van der Waals surface area contributed by atoms with Crippen LogP contribution in [-0.4, -0.2) is 55.4 Å². The van der Waals surface area contributed by atoms with Gasteiger partial charge in [0.25, 0.3) is 0 Å². The number of carboxylic acid groups (broad SMARTS) is 1. The first-order valence-electron chi connectivity index (χ1n) is 4.98. The van der Waals surface area contributed by atoms with Crippen LogP contribution in [0.5, 0.6) is 0 Å². The van der Waals surface area contributed by atoms with Gasteiger partial charge in [-0.2, -0.15) is 0 Å². The summed E-state index contributed by atoms with van der Waals surface area (Å²) >= 11 is 0. The zero-order valence-corrected chi connectivity index (χ0v) is 9.87. The van der Waals surface area contributed by atoms with Crippen molar-refractivity contribution in [1.82, 2.24) is 4.90 Å². The number of aliphatic carboxylic acids is 1. The van der Waals surface area contributed by atoms with E-state index in [9.17, 15) is 18.0 Å². The highest BCUT2D eigenvalue weighted by Crippen LogP contribution is 2.17. The number of carboxylic acids is 1. The molecule has 0 aromatic carbocycles. The Bertz CT molecular complexity index is 389. The molecular weight excluding hydrogens is 234 g/mol. The van der Waals surface area contributed by atoms with E-state index >= 15 is 0 Å². The van der Waals surface area contributed by atoms with Crippen LogP contribution in [0.25, 0.3) is 0 Å². The lowest BCUT2D eigenvalue weighted by Crippen LogP contribution is -2.31. The monoisotopic (exact) mass is 249 g/mol. The fourth-order valence-corrected chi connectivity index (χ4v) is 2.16. The molecule has 1 N–H and O–H groups in total. The third kappa shape index (κ3) is 3.80. The molecule has 1 fully saturated rings. The molecular formula is C9H15NO5S. The Hall–Kier alpha value is -1.11. The molecule has 1 unspecified atom stereocenters. The van der Waals surface area contributed by atoms with Gasteiger partial charge in [0.05, 0.1) is 11.7 Å². The van der Waals surface area contributed by atoms with Crippen molar-refractivity contribution in [3.05, 3.63) is 0 Å². The third-order valence-electron chi connectivity index (χ3n) is 2.58. The van der Waals surface area contributed by atoms with Crippen molar-refractivity contribution in [2.24, 2.45) is 5.92 Å². The maximum atomic E-state index is 11.5. The van der Waals surface area contributed by atoms with Gasteiger partial charge in [-0.25, -0.2) is 8.42 Å². The molecule has 0 aromatic rings. The molecule has 1 atom stereocenters. The normalized spacial score (nSPS) is 21.1. The van der Waals surface area contributed by atoms with Gasteiger partial charge in [0.2, 0.25) is 5.91 Å². The number of likely N-dealkylation sites (tertiary alicyclic amines) is 1. The zero-order chi connectivity index (χ0) is 12.3. The summed E-state index contributed by atoms with van der Waals surface area (Å²) in [6.45, 7) is 0.595. The zero-order valence-electron chi connectivity index (χ0n) is 9.05. The fourth-order valence-electron chi connectivity index (χ4n) is 1.62. The second kappa shape index (κ2) is 4.82. The maximum absolute atomic E-state index is 11.5. The van der Waals surface area contributed by atoms with E-state index in [1.165, 1.54) is 4.90 Å². The minimum Gasteiger partial charge on any atom is -0.481 e. The van der Waals surface area contributed by atoms with Gasteiger partial charge in [-0.3, -0.25) is 9.59 Å². The van der Waals surface area contributed by atoms with Crippen LogP contribution in [0.2, 0.25) is 0 Å². The average molecular weight is 249 g/mol. The van der Waals surface area contributed by atoms with Crippen LogP contribution in [0.1, 0.15) is 12.8 Å². The molecule has 0 bridgehead atoms. The van der Waals surface area contributed by atoms with Gasteiger partial charge in [-0.1, -0.05) is 0 Å². The van der Waals surface area contributed by atoms with Gasteiger partial charge in [0.1, 0.15) is 9.84 Å². The molecule has 7 heteroatoms. The summed E-state index contributed by atoms with van der Waals surface area (Å²) < 4.78 is 21.7. The Balaban J connectivity index is 2.43. The molecule has 1 amide bonds. The maximum Gasteiger partial charge on any atom is 0.308 e. The highest BCUT2D eigenvalue weighted by Gasteiger charge is 2.30. The quantitative estimate of drug-likeness (QED) is 0.715. The predicted molar refractivity (Wildman–Crippen MR) is 56.7 cm³/mol. The van der Waals surface area contributed by atoms with Crippen LogP contribution >= 0.6 is 0 Å². The number of rotatable bonds is 4. The Morgan fingerprint density at radius 1 is 1.44 bits per heavy atom. The number of sulfone groups is 1. The van der Waals surface area contributed by atoms with E-state index < -0.39 is 21.7 Å². The fraction of sp³-hybridized carbons (Fsp3) is 0.778. The minimum atomic E-state index is -3.14. The van der Waals surface area contributed by atoms with Gasteiger partial charge < -0.3 is 10.0 Å². The van der Waals surface area contributed by atoms with E-state index in [0.29, 0.717) is 13.0 Å². The first-order valence-corrected chi connectivity index (χ1v) is 7.04. The molecule has 1 rings (SSSR count). The van der Waals surface area contributed by atoms with Gasteiger partial charge >= 0.3 is 5.97 Å². The number of nitrogens with zero attached hydrogens (tertiary/aromatic N) is 1. The Labute approximate surface area is 94.2 Å². The lowest BCUT2D eigenvalue weighted by atomic mass is 10.1. The molecule has 1 aliphatic rings. The lowest BCUT2D eigenvalue weighted by Gasteiger charge is -2.15. The SMILES string of the molecule is CS(=O)(=O)CCC(=O)N1CCC(C(=O)O)C1. The third-order valence-corrected chi connectivity index (χ3v) is 3.52. The minimum absolute atomic E-state index is 0.0643. The van der Waals surface area contributed by atoms with E-state index in [1.54, 1.807) is 0 Å². The van der Waals surface area contributed by atoms with Crippen molar-refractivity contribution in [1.29, 1.82) is 0 Å². The molecule has 0 aliphatic carbocycles. The summed E-state index contributed by atoms with van der Waals surface area (Å²) in [5.41, 5.74) is 0. The van der Waals surface area contributed by atoms with E-state index in [1.807, 2.05) is 0 Å². The van der Waals surface area contributed by atoms with Gasteiger partial charge in [0.15, 0.2) is 0 Å². The molecule has 0 spiro atoms. The standard InChI is InChI=1S/C9H15NO5S/c1-16(14,15)5-3-8(11)10-4-2-7(6-10)9(12)13/h7H,2-6H2,1H3,(H,12,13). The summed E-state index contributed by atoms with van der Waals surface area (Å²) in [5.74, 6) is -1.88. The summed E-state index contributed by atoms with van der Waals surface area (Å²) in [5, 5.41) is 8.74. The smallest absolute Gasteiger partial charge is 0.308 e. The molecule has 1 heterocycles. The molecule has 6 nitrogen and oxygen atoms in total. The average Bonchev–Trinajstić information content (AvgIpc) is 2.61. The highest BCUT2D eigenvalue weighted by molar-refractivity contribution is 7.90. The topological polar surface area (TPSA) is 91.8 Å². The molecule has 92 valence electrons. The van der Waals surface area contributed by atoms with Crippen molar-refractivity contribution in [3.8, 4) is 0 Å². The van der Waals surface area contributed by atoms with Crippen LogP contribution in [-0.2, 0) is 19.4 Å². The highest BCUT2D eigenvalue weighted by atomic mass is 32.2. The summed E-state index contributed by atoms with van der Waals surface area (Å²) in [4.78, 5) is 23.6. The molecule has 0 radical (unpaired) electrons. The van der Waals surface area contributed by atoms with Crippen LogP contribution in [0.4, 0.5) is 0 Å². The summed E-state index contributed by atoms with van der Waals surface area (Å²) in [7, 11) is -3.14. The number of hydrogen-bond acceptors (Lipinski definition) is 4. The first kappa shape index (κ1) is 13.0. The van der Waals surface area contributed by atoms with E-state index in [0.717, 1.165) is 6.26 Å². The van der Waals surface area contributed by atoms with Crippen LogP contribution in [0, 0.1) is 5.92 Å². The predicted octanol–water partition coefficient (Wildman–Crippen LogP) is -0.646. The Kier molecular flexibility index (Phi) is 3.90. The number of carbonyl (C=O) groups is 2. The van der Waals surface area contributed by atoms with E-state index in [-0.39, 0.29) is 24.6 Å². The van der Waals surface area contributed by atoms with Crippen LogP contribution < -0.4 is 0 Å². The molecule has 0 aromatic heterocycles. The van der Waals surface area contributed by atoms with E-state index in [4.69, 9.17) is 5.11 Å². The number of carbonyl (C=O) groups excluding carboxylic acids is 1. The van der Waals surface area contributed by atoms with Crippen LogP contribution in [0.3, 0.4) is 0 Å². The van der Waals surface area contributed by atoms with Crippen molar-refractivity contribution in [2.45, 2.75) is 12.8 Å². The largest absolute Gasteiger partial charge is 0.481 e. The van der Waals surface area contributed by atoms with Crippen molar-refractivity contribution < 1.29 is 23.1 Å². The van der Waals surface area contributed by atoms with Crippen LogP contribution in [0.15, 0.2) is 0 Å².